The van der Waals surface area contributed by atoms with E-state index in [1.807, 2.05) is 17.5 Å². The molecular formula is C13H11ClFNOS2. The second-order valence-electron chi connectivity index (χ2n) is 3.72. The molecule has 19 heavy (non-hydrogen) atoms. The number of thiophene rings is 1. The SMILES string of the molecule is O=C(CSCc1cccs1)Nc1cccc(Cl)c1F. The van der Waals surface area contributed by atoms with E-state index in [0.29, 0.717) is 0 Å². The van der Waals surface area contributed by atoms with Gasteiger partial charge in [0, 0.05) is 10.6 Å². The Labute approximate surface area is 124 Å². The first-order valence-electron chi connectivity index (χ1n) is 5.51. The lowest BCUT2D eigenvalue weighted by molar-refractivity contribution is -0.113. The van der Waals surface area contributed by atoms with Crippen LogP contribution in [0.5, 0.6) is 0 Å². The smallest absolute Gasteiger partial charge is 0.234 e. The molecule has 1 amide bonds. The van der Waals surface area contributed by atoms with Gasteiger partial charge in [0.25, 0.3) is 0 Å². The van der Waals surface area contributed by atoms with Crippen LogP contribution in [-0.4, -0.2) is 11.7 Å². The Morgan fingerprint density at radius 1 is 1.37 bits per heavy atom. The maximum atomic E-state index is 13.6. The number of anilines is 1. The highest BCUT2D eigenvalue weighted by Gasteiger charge is 2.09. The van der Waals surface area contributed by atoms with E-state index in [-0.39, 0.29) is 22.4 Å². The summed E-state index contributed by atoms with van der Waals surface area (Å²) in [6.07, 6.45) is 0. The number of hydrogen-bond acceptors (Lipinski definition) is 3. The summed E-state index contributed by atoms with van der Waals surface area (Å²) in [4.78, 5) is 12.9. The molecule has 2 aromatic rings. The van der Waals surface area contributed by atoms with Gasteiger partial charge in [-0.3, -0.25) is 4.79 Å². The number of thioether (sulfide) groups is 1. The topological polar surface area (TPSA) is 29.1 Å². The van der Waals surface area contributed by atoms with Crippen LogP contribution in [0.25, 0.3) is 0 Å². The lowest BCUT2D eigenvalue weighted by atomic mass is 10.3. The van der Waals surface area contributed by atoms with Crippen molar-refractivity contribution in [3.05, 3.63) is 51.4 Å². The molecule has 1 N–H and O–H groups in total. The maximum Gasteiger partial charge on any atom is 0.234 e. The molecule has 6 heteroatoms. The lowest BCUT2D eigenvalue weighted by Gasteiger charge is -2.06. The largest absolute Gasteiger partial charge is 0.323 e. The molecule has 0 fully saturated rings. The molecule has 0 atom stereocenters. The molecule has 0 unspecified atom stereocenters. The predicted octanol–water partition coefficient (Wildman–Crippen LogP) is 4.41. The minimum atomic E-state index is -0.597. The van der Waals surface area contributed by atoms with Gasteiger partial charge in [-0.15, -0.1) is 23.1 Å². The van der Waals surface area contributed by atoms with Gasteiger partial charge >= 0.3 is 0 Å². The van der Waals surface area contributed by atoms with Crippen LogP contribution in [0.1, 0.15) is 4.88 Å². The van der Waals surface area contributed by atoms with Gasteiger partial charge in [-0.05, 0) is 23.6 Å². The third kappa shape index (κ3) is 4.23. The van der Waals surface area contributed by atoms with E-state index in [2.05, 4.69) is 5.32 Å². The first kappa shape index (κ1) is 14.4. The van der Waals surface area contributed by atoms with Crippen LogP contribution in [0.4, 0.5) is 10.1 Å². The van der Waals surface area contributed by atoms with Gasteiger partial charge in [-0.2, -0.15) is 0 Å². The summed E-state index contributed by atoms with van der Waals surface area (Å²) in [7, 11) is 0. The molecule has 0 aliphatic heterocycles. The fraction of sp³-hybridized carbons (Fsp3) is 0.154. The van der Waals surface area contributed by atoms with E-state index >= 15 is 0 Å². The van der Waals surface area contributed by atoms with E-state index in [0.717, 1.165) is 5.75 Å². The summed E-state index contributed by atoms with van der Waals surface area (Å²) in [5, 5.41) is 4.52. The van der Waals surface area contributed by atoms with E-state index < -0.39 is 5.82 Å². The van der Waals surface area contributed by atoms with Crippen molar-refractivity contribution >= 4 is 46.3 Å². The van der Waals surface area contributed by atoms with Crippen molar-refractivity contribution in [1.29, 1.82) is 0 Å². The van der Waals surface area contributed by atoms with Crippen LogP contribution in [0.15, 0.2) is 35.7 Å². The predicted molar refractivity (Wildman–Crippen MR) is 80.5 cm³/mol. The second kappa shape index (κ2) is 6.93. The highest BCUT2D eigenvalue weighted by Crippen LogP contribution is 2.22. The minimum Gasteiger partial charge on any atom is -0.323 e. The second-order valence-corrected chi connectivity index (χ2v) is 6.15. The zero-order valence-electron chi connectivity index (χ0n) is 9.86. The molecule has 0 radical (unpaired) electrons. The summed E-state index contributed by atoms with van der Waals surface area (Å²) in [6.45, 7) is 0. The van der Waals surface area contributed by atoms with Crippen molar-refractivity contribution in [2.24, 2.45) is 0 Å². The molecular weight excluding hydrogens is 305 g/mol. The summed E-state index contributed by atoms with van der Waals surface area (Å²) in [6, 6.07) is 8.52. The monoisotopic (exact) mass is 315 g/mol. The summed E-state index contributed by atoms with van der Waals surface area (Å²) in [5.41, 5.74) is 0.120. The normalized spacial score (nSPS) is 10.4. The minimum absolute atomic E-state index is 0.00374. The molecule has 0 aliphatic rings. The number of hydrogen-bond donors (Lipinski definition) is 1. The highest BCUT2D eigenvalue weighted by molar-refractivity contribution is 7.99. The van der Waals surface area contributed by atoms with Crippen LogP contribution >= 0.6 is 34.7 Å². The number of rotatable bonds is 5. The van der Waals surface area contributed by atoms with Crippen molar-refractivity contribution in [1.82, 2.24) is 0 Å². The van der Waals surface area contributed by atoms with Gasteiger partial charge < -0.3 is 5.32 Å². The van der Waals surface area contributed by atoms with E-state index in [4.69, 9.17) is 11.6 Å². The summed E-state index contributed by atoms with van der Waals surface area (Å²) in [5.74, 6) is 0.232. The maximum absolute atomic E-state index is 13.6. The number of benzene rings is 1. The molecule has 0 saturated heterocycles. The van der Waals surface area contributed by atoms with Crippen LogP contribution in [0.3, 0.4) is 0 Å². The Morgan fingerprint density at radius 2 is 2.21 bits per heavy atom. The molecule has 0 bridgehead atoms. The standard InChI is InChI=1S/C13H11ClFNOS2/c14-10-4-1-5-11(13(10)15)16-12(17)8-18-7-9-3-2-6-19-9/h1-6H,7-8H2,(H,16,17). The van der Waals surface area contributed by atoms with Crippen LogP contribution in [0, 0.1) is 5.82 Å². The number of halogens is 2. The fourth-order valence-corrected chi connectivity index (χ4v) is 3.27. The molecule has 2 rings (SSSR count). The fourth-order valence-electron chi connectivity index (χ4n) is 1.43. The van der Waals surface area contributed by atoms with Crippen LogP contribution < -0.4 is 5.32 Å². The van der Waals surface area contributed by atoms with Crippen molar-refractivity contribution in [2.45, 2.75) is 5.75 Å². The first-order valence-corrected chi connectivity index (χ1v) is 7.92. The van der Waals surface area contributed by atoms with Gasteiger partial charge in [0.1, 0.15) is 0 Å². The lowest BCUT2D eigenvalue weighted by Crippen LogP contribution is -2.15. The molecule has 1 aromatic heterocycles. The molecule has 0 saturated carbocycles. The Bertz CT molecular complexity index is 560. The Hall–Kier alpha value is -1.04. The molecule has 1 heterocycles. The van der Waals surface area contributed by atoms with E-state index in [9.17, 15) is 9.18 Å². The Kier molecular flexibility index (Phi) is 5.24. The van der Waals surface area contributed by atoms with Gasteiger partial charge in [0.15, 0.2) is 5.82 Å². The van der Waals surface area contributed by atoms with Crippen molar-refractivity contribution in [3.8, 4) is 0 Å². The Morgan fingerprint density at radius 3 is 2.95 bits per heavy atom. The molecule has 2 nitrogen and oxygen atoms in total. The third-order valence-electron chi connectivity index (χ3n) is 2.28. The average Bonchev–Trinajstić information content (AvgIpc) is 2.88. The third-order valence-corrected chi connectivity index (χ3v) is 4.62. The quantitative estimate of drug-likeness (QED) is 0.885. The zero-order chi connectivity index (χ0) is 13.7. The molecule has 0 spiro atoms. The van der Waals surface area contributed by atoms with Gasteiger partial charge in [-0.25, -0.2) is 4.39 Å². The number of amides is 1. The van der Waals surface area contributed by atoms with Crippen molar-refractivity contribution in [3.63, 3.8) is 0 Å². The molecule has 0 aliphatic carbocycles. The van der Waals surface area contributed by atoms with Gasteiger partial charge in [0.05, 0.1) is 16.5 Å². The van der Waals surface area contributed by atoms with Crippen molar-refractivity contribution in [2.75, 3.05) is 11.1 Å². The van der Waals surface area contributed by atoms with Gasteiger partial charge in [0.2, 0.25) is 5.91 Å². The van der Waals surface area contributed by atoms with Crippen LogP contribution in [-0.2, 0) is 10.5 Å². The number of nitrogens with one attached hydrogen (secondary N) is 1. The summed E-state index contributed by atoms with van der Waals surface area (Å²) < 4.78 is 13.6. The number of carbonyl (C=O) groups excluding carboxylic acids is 1. The average molecular weight is 316 g/mol. The van der Waals surface area contributed by atoms with E-state index in [1.54, 1.807) is 17.4 Å². The zero-order valence-corrected chi connectivity index (χ0v) is 12.2. The molecule has 100 valence electrons. The van der Waals surface area contributed by atoms with Gasteiger partial charge in [-0.1, -0.05) is 23.7 Å². The molecule has 1 aromatic carbocycles. The first-order chi connectivity index (χ1) is 9.16. The Balaban J connectivity index is 1.82. The van der Waals surface area contributed by atoms with E-state index in [1.165, 1.54) is 28.8 Å². The summed E-state index contributed by atoms with van der Waals surface area (Å²) >= 11 is 8.78. The van der Waals surface area contributed by atoms with Crippen molar-refractivity contribution < 1.29 is 9.18 Å². The van der Waals surface area contributed by atoms with Crippen LogP contribution in [0.2, 0.25) is 5.02 Å². The number of carbonyl (C=O) groups is 1. The highest BCUT2D eigenvalue weighted by atomic mass is 35.5.